The quantitative estimate of drug-likeness (QED) is 0.727. The molecule has 0 aliphatic carbocycles. The minimum absolute atomic E-state index is 0.206. The van der Waals surface area contributed by atoms with Gasteiger partial charge in [-0.15, -0.1) is 0 Å². The van der Waals surface area contributed by atoms with Crippen LogP contribution >= 0.6 is 0 Å². The smallest absolute Gasteiger partial charge is 0.320 e. The molecule has 29 heavy (non-hydrogen) atoms. The number of urea groups is 1. The van der Waals surface area contributed by atoms with Gasteiger partial charge in [-0.3, -0.25) is 4.79 Å². The number of carboxylic acids is 1. The molecule has 0 unspecified atom stereocenters. The number of rotatable bonds is 7. The molecule has 0 saturated heterocycles. The Balaban J connectivity index is 2.07. The van der Waals surface area contributed by atoms with Crippen LogP contribution in [0.5, 0.6) is 11.5 Å². The van der Waals surface area contributed by atoms with Gasteiger partial charge in [-0.05, 0) is 30.2 Å². The molecule has 0 aromatic heterocycles. The molecule has 8 nitrogen and oxygen atoms in total. The van der Waals surface area contributed by atoms with Crippen LogP contribution in [0.15, 0.2) is 54.1 Å². The monoisotopic (exact) mass is 395 g/mol. The van der Waals surface area contributed by atoms with Gasteiger partial charge in [-0.2, -0.15) is 0 Å². The maximum Gasteiger partial charge on any atom is 0.320 e. The molecule has 1 aliphatic rings. The summed E-state index contributed by atoms with van der Waals surface area (Å²) in [5.74, 6) is -1.10. The van der Waals surface area contributed by atoms with E-state index in [1.165, 1.54) is 20.1 Å². The summed E-state index contributed by atoms with van der Waals surface area (Å²) in [6.45, 7) is 0.801. The molecule has 0 bridgehead atoms. The van der Waals surface area contributed by atoms with Crippen LogP contribution in [-0.4, -0.2) is 31.5 Å². The summed E-state index contributed by atoms with van der Waals surface area (Å²) < 4.78 is 10.4. The Hall–Kier alpha value is -3.81. The second-order valence-corrected chi connectivity index (χ2v) is 6.31. The van der Waals surface area contributed by atoms with Gasteiger partial charge in [-0.25, -0.2) is 4.79 Å². The third-order valence-electron chi connectivity index (χ3n) is 4.38. The van der Waals surface area contributed by atoms with E-state index in [9.17, 15) is 19.5 Å². The van der Waals surface area contributed by atoms with Gasteiger partial charge < -0.3 is 30.0 Å². The van der Waals surface area contributed by atoms with Crippen LogP contribution in [0.25, 0.3) is 5.70 Å². The van der Waals surface area contributed by atoms with Gasteiger partial charge in [-0.1, -0.05) is 36.4 Å². The lowest BCUT2D eigenvalue weighted by Crippen LogP contribution is -2.44. The molecule has 2 amide bonds. The van der Waals surface area contributed by atoms with E-state index >= 15 is 0 Å². The van der Waals surface area contributed by atoms with Crippen molar-refractivity contribution >= 4 is 23.5 Å². The van der Waals surface area contributed by atoms with Crippen molar-refractivity contribution in [1.82, 2.24) is 10.6 Å². The van der Waals surface area contributed by atoms with Crippen molar-refractivity contribution in [2.24, 2.45) is 0 Å². The average molecular weight is 395 g/mol. The van der Waals surface area contributed by atoms with Gasteiger partial charge in [0.1, 0.15) is 6.61 Å². The number of ether oxygens (including phenoxy) is 2. The van der Waals surface area contributed by atoms with Crippen molar-refractivity contribution in [3.8, 4) is 11.5 Å². The van der Waals surface area contributed by atoms with Crippen LogP contribution in [0.4, 0.5) is 4.79 Å². The number of Topliss-reactive ketones (excluding diaryl/α,β-unsaturated/α-hetero) is 1. The van der Waals surface area contributed by atoms with E-state index in [1.54, 1.807) is 24.3 Å². The number of aliphatic carboxylic acids is 1. The second kappa shape index (κ2) is 8.47. The average Bonchev–Trinajstić information content (AvgIpc) is 2.71. The number of methoxy groups -OCH3 is 1. The first-order valence-electron chi connectivity index (χ1n) is 8.79. The molecule has 1 heterocycles. The Morgan fingerprint density at radius 3 is 2.45 bits per heavy atom. The van der Waals surface area contributed by atoms with Gasteiger partial charge in [0.25, 0.3) is 0 Å². The van der Waals surface area contributed by atoms with Gasteiger partial charge in [0, 0.05) is 5.57 Å². The number of nitrogens with one attached hydrogen (secondary N) is 2. The van der Waals surface area contributed by atoms with Crippen LogP contribution in [0.3, 0.4) is 0 Å². The fourth-order valence-corrected chi connectivity index (χ4v) is 3.15. The molecule has 0 radical (unpaired) electrons. The van der Waals surface area contributed by atoms with E-state index in [0.717, 1.165) is 0 Å². The standard InChI is InChI=1S/C21H20N2O6/c1-12(24)18-19(13-6-4-3-5-7-13)22-21(27)23-20(18)14-8-9-15(16(10-14)28-2)29-11-17(25)26/h3-10,20H,11H2,1-2H3,(H,25,26)(H2,22,23,27)/p-1/t20-/m0/s1. The predicted octanol–water partition coefficient (Wildman–Crippen LogP) is 1.18. The van der Waals surface area contributed by atoms with E-state index in [4.69, 9.17) is 9.47 Å². The van der Waals surface area contributed by atoms with Crippen molar-refractivity contribution in [2.75, 3.05) is 13.7 Å². The molecule has 3 rings (SSSR count). The number of carbonyl (C=O) groups excluding carboxylic acids is 3. The highest BCUT2D eigenvalue weighted by molar-refractivity contribution is 6.06. The number of carbonyl (C=O) groups is 3. The van der Waals surface area contributed by atoms with Crippen LogP contribution in [0.2, 0.25) is 0 Å². The zero-order valence-corrected chi connectivity index (χ0v) is 15.9. The molecule has 2 N–H and O–H groups in total. The number of hydrogen-bond donors (Lipinski definition) is 2. The van der Waals surface area contributed by atoms with E-state index < -0.39 is 24.6 Å². The third-order valence-corrected chi connectivity index (χ3v) is 4.38. The fraction of sp³-hybridized carbons (Fsp3) is 0.190. The summed E-state index contributed by atoms with van der Waals surface area (Å²) in [7, 11) is 1.41. The molecule has 1 aliphatic heterocycles. The second-order valence-electron chi connectivity index (χ2n) is 6.31. The molecule has 0 fully saturated rings. The highest BCUT2D eigenvalue weighted by Crippen LogP contribution is 2.36. The van der Waals surface area contributed by atoms with E-state index in [1.807, 2.05) is 18.2 Å². The Bertz CT molecular complexity index is 984. The molecule has 0 saturated carbocycles. The summed E-state index contributed by atoms with van der Waals surface area (Å²) in [5, 5.41) is 16.1. The van der Waals surface area contributed by atoms with Crippen LogP contribution in [0.1, 0.15) is 24.1 Å². The Kier molecular flexibility index (Phi) is 5.82. The Morgan fingerprint density at radius 2 is 1.83 bits per heavy atom. The van der Waals surface area contributed by atoms with Crippen molar-refractivity contribution < 1.29 is 29.0 Å². The topological polar surface area (TPSA) is 117 Å². The van der Waals surface area contributed by atoms with E-state index in [0.29, 0.717) is 22.4 Å². The highest BCUT2D eigenvalue weighted by atomic mass is 16.5. The number of hydrogen-bond acceptors (Lipinski definition) is 6. The Labute approximate surface area is 167 Å². The zero-order chi connectivity index (χ0) is 21.0. The maximum atomic E-state index is 12.5. The summed E-state index contributed by atoms with van der Waals surface area (Å²) in [5.41, 5.74) is 2.11. The molecular formula is C21H19N2O6-. The molecular weight excluding hydrogens is 376 g/mol. The lowest BCUT2D eigenvalue weighted by atomic mass is 9.90. The maximum absolute atomic E-state index is 12.5. The lowest BCUT2D eigenvalue weighted by Gasteiger charge is -2.30. The molecule has 2 aromatic carbocycles. The normalized spacial score (nSPS) is 15.9. The fourth-order valence-electron chi connectivity index (χ4n) is 3.15. The molecule has 0 spiro atoms. The Morgan fingerprint density at radius 1 is 1.10 bits per heavy atom. The SMILES string of the molecule is COc1cc([C@@H]2NC(=O)NC(c3ccccc3)=C2C(C)=O)ccc1OCC(=O)[O-]. The largest absolute Gasteiger partial charge is 0.546 e. The van der Waals surface area contributed by atoms with Crippen LogP contribution < -0.4 is 25.2 Å². The first-order chi connectivity index (χ1) is 13.9. The molecule has 150 valence electrons. The zero-order valence-electron chi connectivity index (χ0n) is 15.9. The first kappa shape index (κ1) is 19.9. The van der Waals surface area contributed by atoms with Gasteiger partial charge in [0.15, 0.2) is 17.3 Å². The summed E-state index contributed by atoms with van der Waals surface area (Å²) >= 11 is 0. The van der Waals surface area contributed by atoms with Gasteiger partial charge >= 0.3 is 6.03 Å². The predicted molar refractivity (Wildman–Crippen MR) is 102 cm³/mol. The minimum Gasteiger partial charge on any atom is -0.546 e. The van der Waals surface area contributed by atoms with Crippen LogP contribution in [0, 0.1) is 0 Å². The summed E-state index contributed by atoms with van der Waals surface area (Å²) in [6.07, 6.45) is 0. The number of benzene rings is 2. The van der Waals surface area contributed by atoms with Gasteiger partial charge in [0.05, 0.1) is 24.8 Å². The lowest BCUT2D eigenvalue weighted by molar-refractivity contribution is -0.307. The number of carboxylic acid groups (broad SMARTS) is 1. The van der Waals surface area contributed by atoms with Crippen molar-refractivity contribution in [3.63, 3.8) is 0 Å². The van der Waals surface area contributed by atoms with Crippen LogP contribution in [-0.2, 0) is 9.59 Å². The highest BCUT2D eigenvalue weighted by Gasteiger charge is 2.32. The number of ketones is 1. The third kappa shape index (κ3) is 4.37. The summed E-state index contributed by atoms with van der Waals surface area (Å²) in [6, 6.07) is 12.7. The van der Waals surface area contributed by atoms with Gasteiger partial charge in [0.2, 0.25) is 0 Å². The molecule has 1 atom stereocenters. The molecule has 2 aromatic rings. The number of amides is 2. The summed E-state index contributed by atoms with van der Waals surface area (Å²) in [4.78, 5) is 35.4. The van der Waals surface area contributed by atoms with E-state index in [2.05, 4.69) is 10.6 Å². The molecule has 8 heteroatoms. The van der Waals surface area contributed by atoms with E-state index in [-0.39, 0.29) is 17.3 Å². The van der Waals surface area contributed by atoms with Crippen molar-refractivity contribution in [3.05, 3.63) is 65.2 Å². The van der Waals surface area contributed by atoms with Crippen molar-refractivity contribution in [1.29, 1.82) is 0 Å². The minimum atomic E-state index is -1.36. The van der Waals surface area contributed by atoms with Crippen molar-refractivity contribution in [2.45, 2.75) is 13.0 Å². The first-order valence-corrected chi connectivity index (χ1v) is 8.79.